The molecular weight excluding hydrogens is 458 g/mol. The van der Waals surface area contributed by atoms with Gasteiger partial charge in [-0.1, -0.05) is 23.4 Å². The van der Waals surface area contributed by atoms with Crippen LogP contribution in [-0.2, 0) is 4.79 Å². The van der Waals surface area contributed by atoms with Gasteiger partial charge in [0.25, 0.3) is 18.8 Å². The van der Waals surface area contributed by atoms with Gasteiger partial charge < -0.3 is 4.42 Å². The molecule has 0 saturated carbocycles. The van der Waals surface area contributed by atoms with Crippen molar-refractivity contribution in [1.82, 2.24) is 9.38 Å². The van der Waals surface area contributed by atoms with E-state index in [9.17, 15) is 14.9 Å². The number of anilines is 1. The topological polar surface area (TPSA) is 98.2 Å². The molecule has 4 aromatic rings. The van der Waals surface area contributed by atoms with Gasteiger partial charge in [-0.15, -0.1) is 0 Å². The molecule has 1 aromatic carbocycles. The number of imidazole rings is 1. The normalized spacial score (nSPS) is 10.9. The van der Waals surface area contributed by atoms with Crippen LogP contribution >= 0.6 is 0 Å². The van der Waals surface area contributed by atoms with E-state index >= 15 is 0 Å². The first-order valence-corrected chi connectivity index (χ1v) is 11.9. The quantitative estimate of drug-likeness (QED) is 0.148. The lowest BCUT2D eigenvalue weighted by atomic mass is 10.1. The summed E-state index contributed by atoms with van der Waals surface area (Å²) in [6.07, 6.45) is 5.52. The Hall–Kier alpha value is -4.45. The lowest BCUT2D eigenvalue weighted by Crippen LogP contribution is -2.31. The van der Waals surface area contributed by atoms with Crippen LogP contribution in [0.1, 0.15) is 38.2 Å². The molecule has 0 aliphatic rings. The van der Waals surface area contributed by atoms with E-state index < -0.39 is 4.92 Å². The summed E-state index contributed by atoms with van der Waals surface area (Å²) in [4.78, 5) is 34.0. The first-order chi connectivity index (χ1) is 17.4. The number of unbranched alkanes of at least 4 members (excludes halogenated alkanes) is 3. The number of para-hydroxylation sites is 1. The Balaban J connectivity index is 1.74. The molecule has 3 heterocycles. The fourth-order valence-electron chi connectivity index (χ4n) is 4.25. The van der Waals surface area contributed by atoms with Crippen molar-refractivity contribution in [2.75, 3.05) is 18.0 Å². The van der Waals surface area contributed by atoms with Crippen molar-refractivity contribution in [3.63, 3.8) is 0 Å². The molecule has 0 saturated heterocycles. The van der Waals surface area contributed by atoms with Gasteiger partial charge in [0.2, 0.25) is 5.91 Å². The minimum atomic E-state index is -0.435. The molecule has 0 aliphatic carbocycles. The number of rotatable bonds is 10. The molecule has 3 aromatic heterocycles. The van der Waals surface area contributed by atoms with E-state index in [1.807, 2.05) is 29.7 Å². The number of fused-ring (bicyclic) bond motifs is 1. The highest BCUT2D eigenvalue weighted by Crippen LogP contribution is 2.37. The van der Waals surface area contributed by atoms with Crippen molar-refractivity contribution in [1.29, 1.82) is 0 Å². The van der Waals surface area contributed by atoms with Crippen LogP contribution in [0.25, 0.3) is 33.3 Å². The Morgan fingerprint density at radius 1 is 1.14 bits per heavy atom. The smallest absolute Gasteiger partial charge is 0.280 e. The maximum atomic E-state index is 12.8. The number of nitrogens with zero attached hydrogens (tertiary/aromatic N) is 5. The van der Waals surface area contributed by atoms with Crippen molar-refractivity contribution in [3.05, 3.63) is 75.3 Å². The second-order valence-corrected chi connectivity index (χ2v) is 8.65. The number of pyridine rings is 1. The predicted molar refractivity (Wildman–Crippen MR) is 139 cm³/mol. The number of nitro benzene ring substituents is 1. The molecular formula is C27H28N5O4+. The lowest BCUT2D eigenvalue weighted by Gasteiger charge is -2.21. The Bertz CT molecular complexity index is 1450. The summed E-state index contributed by atoms with van der Waals surface area (Å²) in [6.45, 7) is 9.87. The van der Waals surface area contributed by atoms with E-state index in [2.05, 4.69) is 4.85 Å². The minimum absolute atomic E-state index is 0.0444. The number of carbonyl (C=O) groups is 1. The van der Waals surface area contributed by atoms with Gasteiger partial charge in [0.15, 0.2) is 11.6 Å². The average molecular weight is 487 g/mol. The van der Waals surface area contributed by atoms with Crippen LogP contribution in [0.4, 0.5) is 11.5 Å². The first kappa shape index (κ1) is 24.7. The standard InChI is InChI=1S/C27H28N5O4/c1-19-14-17-31-25(18-19)29-26(27(31)30(20(2)33)16-9-5-4-8-15-28-3)24-13-12-23(36-24)21-10-6-7-11-22(21)32(34)35/h3,6-7,10-14,17-18H,4-5,8-9,15-16H2,1-2H3/q+1. The van der Waals surface area contributed by atoms with Gasteiger partial charge >= 0.3 is 0 Å². The van der Waals surface area contributed by atoms with Crippen molar-refractivity contribution >= 4 is 23.1 Å². The van der Waals surface area contributed by atoms with Crippen LogP contribution < -0.4 is 4.90 Å². The highest BCUT2D eigenvalue weighted by molar-refractivity contribution is 5.95. The van der Waals surface area contributed by atoms with Crippen molar-refractivity contribution in [2.45, 2.75) is 39.5 Å². The summed E-state index contributed by atoms with van der Waals surface area (Å²) >= 11 is 0. The molecule has 1 amide bonds. The molecule has 0 unspecified atom stereocenters. The Morgan fingerprint density at radius 2 is 1.89 bits per heavy atom. The molecule has 0 fully saturated rings. The van der Waals surface area contributed by atoms with E-state index in [1.54, 1.807) is 35.2 Å². The van der Waals surface area contributed by atoms with Crippen LogP contribution in [0.2, 0.25) is 0 Å². The number of carbonyl (C=O) groups excluding carboxylic acids is 1. The third-order valence-electron chi connectivity index (χ3n) is 6.02. The minimum Gasteiger partial charge on any atom is -0.454 e. The van der Waals surface area contributed by atoms with Gasteiger partial charge in [-0.2, -0.15) is 0 Å². The number of amides is 1. The SMILES string of the molecule is C#[N+]CCCCCCN(C(C)=O)c1c(-c2ccc(-c3ccccc3[N+](=O)[O-])o2)nc2cc(C)ccn12. The number of hydrogen-bond acceptors (Lipinski definition) is 5. The third kappa shape index (κ3) is 5.13. The van der Waals surface area contributed by atoms with Crippen molar-refractivity contribution in [2.24, 2.45) is 0 Å². The highest BCUT2D eigenvalue weighted by Gasteiger charge is 2.26. The monoisotopic (exact) mass is 486 g/mol. The Morgan fingerprint density at radius 3 is 2.64 bits per heavy atom. The van der Waals surface area contributed by atoms with Gasteiger partial charge in [0.1, 0.15) is 17.1 Å². The molecule has 0 spiro atoms. The predicted octanol–water partition coefficient (Wildman–Crippen LogP) is 6.35. The second-order valence-electron chi connectivity index (χ2n) is 8.65. The molecule has 9 heteroatoms. The van der Waals surface area contributed by atoms with Crippen LogP contribution in [-0.4, -0.2) is 33.3 Å². The maximum absolute atomic E-state index is 12.8. The first-order valence-electron chi connectivity index (χ1n) is 11.9. The van der Waals surface area contributed by atoms with Gasteiger partial charge in [0, 0.05) is 32.2 Å². The summed E-state index contributed by atoms with van der Waals surface area (Å²) in [5, 5.41) is 11.5. The number of benzene rings is 1. The van der Waals surface area contributed by atoms with E-state index in [1.165, 1.54) is 13.0 Å². The number of aryl methyl sites for hydroxylation is 1. The average Bonchev–Trinajstić information content (AvgIpc) is 3.48. The highest BCUT2D eigenvalue weighted by atomic mass is 16.6. The van der Waals surface area contributed by atoms with Crippen LogP contribution in [0.5, 0.6) is 0 Å². The fourth-order valence-corrected chi connectivity index (χ4v) is 4.25. The fraction of sp³-hybridized carbons (Fsp3) is 0.296. The maximum Gasteiger partial charge on any atom is 0.280 e. The number of furan rings is 1. The van der Waals surface area contributed by atoms with Crippen LogP contribution in [0.3, 0.4) is 0 Å². The summed E-state index contributed by atoms with van der Waals surface area (Å²) in [7, 11) is 0. The largest absolute Gasteiger partial charge is 0.454 e. The van der Waals surface area contributed by atoms with Gasteiger partial charge in [-0.3, -0.25) is 24.2 Å². The van der Waals surface area contributed by atoms with E-state index in [0.29, 0.717) is 47.3 Å². The zero-order valence-electron chi connectivity index (χ0n) is 20.4. The van der Waals surface area contributed by atoms with E-state index in [4.69, 9.17) is 16.0 Å². The molecule has 184 valence electrons. The lowest BCUT2D eigenvalue weighted by molar-refractivity contribution is -0.384. The molecule has 0 atom stereocenters. The number of hydrogen-bond donors (Lipinski definition) is 0. The summed E-state index contributed by atoms with van der Waals surface area (Å²) in [6, 6.07) is 13.7. The van der Waals surface area contributed by atoms with Crippen molar-refractivity contribution in [3.8, 4) is 29.4 Å². The van der Waals surface area contributed by atoms with Crippen molar-refractivity contribution < 1.29 is 14.1 Å². The summed E-state index contributed by atoms with van der Waals surface area (Å²) < 4.78 is 7.99. The Labute approximate surface area is 209 Å². The zero-order valence-corrected chi connectivity index (χ0v) is 20.4. The zero-order chi connectivity index (χ0) is 25.7. The van der Waals surface area contributed by atoms with Crippen LogP contribution in [0, 0.1) is 23.6 Å². The van der Waals surface area contributed by atoms with Gasteiger partial charge in [-0.25, -0.2) is 4.98 Å². The molecule has 9 nitrogen and oxygen atoms in total. The number of aromatic nitrogens is 2. The molecule has 0 radical (unpaired) electrons. The van der Waals surface area contributed by atoms with E-state index in [0.717, 1.165) is 31.2 Å². The summed E-state index contributed by atoms with van der Waals surface area (Å²) in [5.41, 5.74) is 2.55. The Kier molecular flexibility index (Phi) is 7.44. The number of nitro groups is 1. The second kappa shape index (κ2) is 10.9. The molecule has 0 aliphatic heterocycles. The molecule has 0 bridgehead atoms. The van der Waals surface area contributed by atoms with Gasteiger partial charge in [0.05, 0.1) is 10.5 Å². The van der Waals surface area contributed by atoms with Gasteiger partial charge in [-0.05, 0) is 55.7 Å². The summed E-state index contributed by atoms with van der Waals surface area (Å²) in [5.74, 6) is 1.28. The molecule has 36 heavy (non-hydrogen) atoms. The molecule has 0 N–H and O–H groups in total. The van der Waals surface area contributed by atoms with Crippen LogP contribution in [0.15, 0.2) is 59.1 Å². The van der Waals surface area contributed by atoms with E-state index in [-0.39, 0.29) is 11.6 Å². The third-order valence-corrected chi connectivity index (χ3v) is 6.02. The molecule has 4 rings (SSSR count).